The molecule has 0 saturated carbocycles. The zero-order valence-electron chi connectivity index (χ0n) is 15.2. The van der Waals surface area contributed by atoms with E-state index in [1.165, 1.54) is 27.8 Å². The van der Waals surface area contributed by atoms with Crippen molar-refractivity contribution in [2.75, 3.05) is 16.8 Å². The Morgan fingerprint density at radius 1 is 1.00 bits per heavy atom. The molecule has 2 N–H and O–H groups in total. The molecule has 0 fully saturated rings. The molecule has 0 radical (unpaired) electrons. The van der Waals surface area contributed by atoms with Gasteiger partial charge in [-0.05, 0) is 53.4 Å². The Morgan fingerprint density at radius 3 is 2.81 bits per heavy atom. The van der Waals surface area contributed by atoms with Gasteiger partial charge in [0.25, 0.3) is 0 Å². The van der Waals surface area contributed by atoms with Gasteiger partial charge in [-0.1, -0.05) is 30.3 Å². The predicted molar refractivity (Wildman–Crippen MR) is 111 cm³/mol. The van der Waals surface area contributed by atoms with E-state index in [1.54, 1.807) is 0 Å². The summed E-state index contributed by atoms with van der Waals surface area (Å²) in [6.07, 6.45) is 4.94. The number of anilines is 2. The first-order valence-electron chi connectivity index (χ1n) is 9.43. The summed E-state index contributed by atoms with van der Waals surface area (Å²) in [4.78, 5) is 9.98. The molecule has 2 aromatic heterocycles. The molecule has 4 heteroatoms. The van der Waals surface area contributed by atoms with Gasteiger partial charge in [0.1, 0.15) is 5.65 Å². The van der Waals surface area contributed by atoms with Crippen LogP contribution in [0.4, 0.5) is 11.4 Å². The number of aromatic amines is 1. The van der Waals surface area contributed by atoms with E-state index in [1.807, 2.05) is 12.4 Å². The van der Waals surface area contributed by atoms with Crippen LogP contribution in [0.2, 0.25) is 0 Å². The van der Waals surface area contributed by atoms with E-state index in [4.69, 9.17) is 0 Å². The Hall–Kier alpha value is -3.27. The molecule has 3 heterocycles. The van der Waals surface area contributed by atoms with E-state index in [0.717, 1.165) is 37.4 Å². The van der Waals surface area contributed by atoms with Crippen molar-refractivity contribution in [2.24, 2.45) is 0 Å². The van der Waals surface area contributed by atoms with Gasteiger partial charge in [-0.3, -0.25) is 0 Å². The highest BCUT2D eigenvalue weighted by molar-refractivity contribution is 5.79. The quantitative estimate of drug-likeness (QED) is 0.544. The molecule has 4 aromatic rings. The third kappa shape index (κ3) is 3.14. The maximum absolute atomic E-state index is 4.35. The maximum Gasteiger partial charge on any atom is 0.137 e. The SMILES string of the molecule is c1ccc2c(c1)CCN2Cc1ccc(NCc2ccnc3[nH]ccc23)cc1. The number of aromatic nitrogens is 2. The molecule has 5 rings (SSSR count). The van der Waals surface area contributed by atoms with Crippen molar-refractivity contribution in [2.45, 2.75) is 19.5 Å². The second-order valence-corrected chi connectivity index (χ2v) is 7.06. The lowest BCUT2D eigenvalue weighted by molar-refractivity contribution is 0.836. The highest BCUT2D eigenvalue weighted by Crippen LogP contribution is 2.29. The number of fused-ring (bicyclic) bond motifs is 2. The van der Waals surface area contributed by atoms with Crippen LogP contribution in [-0.2, 0) is 19.5 Å². The lowest BCUT2D eigenvalue weighted by Crippen LogP contribution is -2.19. The Labute approximate surface area is 158 Å². The third-order valence-electron chi connectivity index (χ3n) is 5.34. The molecular formula is C23H22N4. The van der Waals surface area contributed by atoms with E-state index in [0.29, 0.717) is 0 Å². The molecule has 134 valence electrons. The van der Waals surface area contributed by atoms with Crippen LogP contribution < -0.4 is 10.2 Å². The smallest absolute Gasteiger partial charge is 0.137 e. The summed E-state index contributed by atoms with van der Waals surface area (Å²) < 4.78 is 0. The zero-order valence-corrected chi connectivity index (χ0v) is 15.2. The number of rotatable bonds is 5. The fourth-order valence-corrected chi connectivity index (χ4v) is 3.89. The van der Waals surface area contributed by atoms with Crippen LogP contribution in [0.15, 0.2) is 73.1 Å². The van der Waals surface area contributed by atoms with Gasteiger partial charge in [-0.15, -0.1) is 0 Å². The number of H-pyrrole nitrogens is 1. The van der Waals surface area contributed by atoms with E-state index in [9.17, 15) is 0 Å². The van der Waals surface area contributed by atoms with E-state index < -0.39 is 0 Å². The molecule has 2 aromatic carbocycles. The normalized spacial score (nSPS) is 13.1. The molecular weight excluding hydrogens is 332 g/mol. The fourth-order valence-electron chi connectivity index (χ4n) is 3.89. The Morgan fingerprint density at radius 2 is 1.89 bits per heavy atom. The van der Waals surface area contributed by atoms with Gasteiger partial charge in [-0.25, -0.2) is 4.98 Å². The monoisotopic (exact) mass is 354 g/mol. The van der Waals surface area contributed by atoms with Crippen LogP contribution in [0, 0.1) is 0 Å². The summed E-state index contributed by atoms with van der Waals surface area (Å²) in [5.41, 5.74) is 7.52. The Kier molecular flexibility index (Phi) is 4.02. The summed E-state index contributed by atoms with van der Waals surface area (Å²) in [5, 5.41) is 4.70. The number of hydrogen-bond acceptors (Lipinski definition) is 3. The summed E-state index contributed by atoms with van der Waals surface area (Å²) in [6.45, 7) is 2.86. The molecule has 0 aliphatic carbocycles. The maximum atomic E-state index is 4.35. The number of hydrogen-bond donors (Lipinski definition) is 2. The number of para-hydroxylation sites is 1. The lowest BCUT2D eigenvalue weighted by Gasteiger charge is -2.19. The van der Waals surface area contributed by atoms with Crippen LogP contribution >= 0.6 is 0 Å². The first-order chi connectivity index (χ1) is 13.4. The van der Waals surface area contributed by atoms with Crippen LogP contribution in [0.25, 0.3) is 11.0 Å². The summed E-state index contributed by atoms with van der Waals surface area (Å²) in [7, 11) is 0. The van der Waals surface area contributed by atoms with Gasteiger partial charge < -0.3 is 15.2 Å². The number of nitrogens with one attached hydrogen (secondary N) is 2. The molecule has 0 bridgehead atoms. The summed E-state index contributed by atoms with van der Waals surface area (Å²) in [5.74, 6) is 0. The molecule has 0 atom stereocenters. The van der Waals surface area contributed by atoms with Crippen molar-refractivity contribution in [3.8, 4) is 0 Å². The van der Waals surface area contributed by atoms with Gasteiger partial charge >= 0.3 is 0 Å². The third-order valence-corrected chi connectivity index (χ3v) is 5.34. The van der Waals surface area contributed by atoms with Gasteiger partial charge in [0.15, 0.2) is 0 Å². The largest absolute Gasteiger partial charge is 0.381 e. The minimum Gasteiger partial charge on any atom is -0.381 e. The van der Waals surface area contributed by atoms with Crippen LogP contribution in [0.5, 0.6) is 0 Å². The van der Waals surface area contributed by atoms with Crippen molar-refractivity contribution >= 4 is 22.4 Å². The molecule has 0 saturated heterocycles. The Bertz CT molecular complexity index is 1070. The first kappa shape index (κ1) is 15.9. The summed E-state index contributed by atoms with van der Waals surface area (Å²) >= 11 is 0. The van der Waals surface area contributed by atoms with Gasteiger partial charge in [0.05, 0.1) is 0 Å². The zero-order chi connectivity index (χ0) is 18.1. The summed E-state index contributed by atoms with van der Waals surface area (Å²) in [6, 6.07) is 21.7. The van der Waals surface area contributed by atoms with E-state index in [2.05, 4.69) is 80.8 Å². The average molecular weight is 354 g/mol. The van der Waals surface area contributed by atoms with Gasteiger partial charge in [0, 0.05) is 48.8 Å². The molecule has 0 amide bonds. The van der Waals surface area contributed by atoms with E-state index in [-0.39, 0.29) is 0 Å². The van der Waals surface area contributed by atoms with Crippen molar-refractivity contribution < 1.29 is 0 Å². The molecule has 1 aliphatic rings. The van der Waals surface area contributed by atoms with Crippen molar-refractivity contribution in [3.05, 3.63) is 89.7 Å². The van der Waals surface area contributed by atoms with Gasteiger partial charge in [-0.2, -0.15) is 0 Å². The first-order valence-corrected chi connectivity index (χ1v) is 9.43. The molecule has 0 spiro atoms. The van der Waals surface area contributed by atoms with Crippen molar-refractivity contribution in [1.29, 1.82) is 0 Å². The number of nitrogens with zero attached hydrogens (tertiary/aromatic N) is 2. The predicted octanol–water partition coefficient (Wildman–Crippen LogP) is 4.74. The highest BCUT2D eigenvalue weighted by Gasteiger charge is 2.18. The highest BCUT2D eigenvalue weighted by atomic mass is 15.1. The molecule has 0 unspecified atom stereocenters. The van der Waals surface area contributed by atoms with Crippen LogP contribution in [0.1, 0.15) is 16.7 Å². The van der Waals surface area contributed by atoms with Gasteiger partial charge in [0.2, 0.25) is 0 Å². The molecule has 1 aliphatic heterocycles. The second-order valence-electron chi connectivity index (χ2n) is 7.06. The minimum absolute atomic E-state index is 0.787. The lowest BCUT2D eigenvalue weighted by atomic mass is 10.1. The fraction of sp³-hybridized carbons (Fsp3) is 0.174. The van der Waals surface area contributed by atoms with Crippen LogP contribution in [0.3, 0.4) is 0 Å². The van der Waals surface area contributed by atoms with Crippen molar-refractivity contribution in [1.82, 2.24) is 9.97 Å². The molecule has 27 heavy (non-hydrogen) atoms. The molecule has 4 nitrogen and oxygen atoms in total. The van der Waals surface area contributed by atoms with Crippen molar-refractivity contribution in [3.63, 3.8) is 0 Å². The topological polar surface area (TPSA) is 44.0 Å². The average Bonchev–Trinajstić information content (AvgIpc) is 3.35. The standard InChI is InChI=1S/C23H22N4/c1-2-4-22-18(3-1)11-14-27(22)16-17-5-7-20(8-6-17)26-15-19-9-12-24-23-21(19)10-13-25-23/h1-10,12-13,26H,11,14-16H2,(H,24,25). The van der Waals surface area contributed by atoms with E-state index >= 15 is 0 Å². The second kappa shape index (κ2) is 6.80. The van der Waals surface area contributed by atoms with Crippen LogP contribution in [-0.4, -0.2) is 16.5 Å². The number of pyridine rings is 1. The number of benzene rings is 2. The Balaban J connectivity index is 1.25. The minimum atomic E-state index is 0.787.